The van der Waals surface area contributed by atoms with E-state index < -0.39 is 0 Å². The van der Waals surface area contributed by atoms with Gasteiger partial charge in [0.15, 0.2) is 11.5 Å². The smallest absolute Gasteiger partial charge is 0.161 e. The van der Waals surface area contributed by atoms with Crippen LogP contribution in [0.3, 0.4) is 0 Å². The largest absolute Gasteiger partial charge is 0.496 e. The molecule has 0 unspecified atom stereocenters. The van der Waals surface area contributed by atoms with Gasteiger partial charge >= 0.3 is 0 Å². The van der Waals surface area contributed by atoms with Crippen molar-refractivity contribution in [3.8, 4) is 17.2 Å². The average Bonchev–Trinajstić information content (AvgIpc) is 2.78. The van der Waals surface area contributed by atoms with Crippen LogP contribution in [0.1, 0.15) is 11.1 Å². The molecular weight excluding hydrogens is 368 g/mol. The first kappa shape index (κ1) is 20.3. The number of benzene rings is 2. The van der Waals surface area contributed by atoms with Crippen molar-refractivity contribution in [1.82, 2.24) is 9.97 Å². The number of anilines is 2. The van der Waals surface area contributed by atoms with Gasteiger partial charge in [0.1, 0.15) is 23.7 Å². The number of hydrogen-bond acceptors (Lipinski definition) is 7. The highest BCUT2D eigenvalue weighted by molar-refractivity contribution is 5.48. The quantitative estimate of drug-likeness (QED) is 0.542. The van der Waals surface area contributed by atoms with Crippen LogP contribution in [-0.4, -0.2) is 37.8 Å². The molecular formula is C22H26N4O3. The molecule has 0 aliphatic heterocycles. The lowest BCUT2D eigenvalue weighted by Gasteiger charge is -2.12. The van der Waals surface area contributed by atoms with Crippen molar-refractivity contribution in [2.24, 2.45) is 0 Å². The molecule has 0 fully saturated rings. The summed E-state index contributed by atoms with van der Waals surface area (Å²) in [6.07, 6.45) is 2.38. The Labute approximate surface area is 171 Å². The van der Waals surface area contributed by atoms with E-state index in [0.29, 0.717) is 18.0 Å². The lowest BCUT2D eigenvalue weighted by Crippen LogP contribution is -2.08. The van der Waals surface area contributed by atoms with Crippen molar-refractivity contribution in [2.75, 3.05) is 38.5 Å². The van der Waals surface area contributed by atoms with Gasteiger partial charge in [0, 0.05) is 19.2 Å². The van der Waals surface area contributed by atoms with Gasteiger partial charge in [-0.05, 0) is 35.7 Å². The zero-order valence-electron chi connectivity index (χ0n) is 16.9. The Morgan fingerprint density at radius 2 is 1.48 bits per heavy atom. The van der Waals surface area contributed by atoms with Crippen molar-refractivity contribution in [2.45, 2.75) is 13.0 Å². The van der Waals surface area contributed by atoms with Gasteiger partial charge in [-0.2, -0.15) is 0 Å². The van der Waals surface area contributed by atoms with Crippen LogP contribution in [-0.2, 0) is 13.0 Å². The van der Waals surface area contributed by atoms with Gasteiger partial charge in [-0.3, -0.25) is 0 Å². The number of aromatic nitrogens is 2. The molecule has 0 aliphatic rings. The summed E-state index contributed by atoms with van der Waals surface area (Å²) in [6.45, 7) is 1.35. The summed E-state index contributed by atoms with van der Waals surface area (Å²) in [7, 11) is 4.94. The fourth-order valence-corrected chi connectivity index (χ4v) is 2.97. The van der Waals surface area contributed by atoms with E-state index in [-0.39, 0.29) is 0 Å². The van der Waals surface area contributed by atoms with Crippen LogP contribution in [0.25, 0.3) is 0 Å². The molecule has 2 aromatic carbocycles. The molecule has 0 radical (unpaired) electrons. The molecule has 152 valence electrons. The second-order valence-electron chi connectivity index (χ2n) is 6.32. The maximum absolute atomic E-state index is 5.39. The monoisotopic (exact) mass is 394 g/mol. The van der Waals surface area contributed by atoms with E-state index in [1.807, 2.05) is 42.5 Å². The summed E-state index contributed by atoms with van der Waals surface area (Å²) in [4.78, 5) is 8.57. The molecule has 3 rings (SSSR count). The zero-order valence-corrected chi connectivity index (χ0v) is 16.9. The number of rotatable bonds is 10. The van der Waals surface area contributed by atoms with Crippen LogP contribution in [0.4, 0.5) is 11.6 Å². The molecule has 0 bridgehead atoms. The van der Waals surface area contributed by atoms with Gasteiger partial charge in [0.2, 0.25) is 0 Å². The van der Waals surface area contributed by atoms with Gasteiger partial charge in [-0.25, -0.2) is 9.97 Å². The third kappa shape index (κ3) is 5.51. The van der Waals surface area contributed by atoms with Crippen LogP contribution < -0.4 is 24.8 Å². The number of nitrogens with zero attached hydrogens (tertiary/aromatic N) is 2. The lowest BCUT2D eigenvalue weighted by atomic mass is 10.1. The number of para-hydroxylation sites is 1. The van der Waals surface area contributed by atoms with E-state index in [0.717, 1.165) is 41.5 Å². The maximum atomic E-state index is 5.39. The van der Waals surface area contributed by atoms with E-state index in [1.165, 1.54) is 0 Å². The summed E-state index contributed by atoms with van der Waals surface area (Å²) in [5.41, 5.74) is 2.22. The molecule has 29 heavy (non-hydrogen) atoms. The van der Waals surface area contributed by atoms with Crippen molar-refractivity contribution in [3.63, 3.8) is 0 Å². The van der Waals surface area contributed by atoms with Gasteiger partial charge in [-0.15, -0.1) is 0 Å². The third-order valence-corrected chi connectivity index (χ3v) is 4.48. The number of hydrogen-bond donors (Lipinski definition) is 2. The molecule has 0 saturated heterocycles. The third-order valence-electron chi connectivity index (χ3n) is 4.48. The predicted molar refractivity (Wildman–Crippen MR) is 114 cm³/mol. The molecule has 0 atom stereocenters. The summed E-state index contributed by atoms with van der Waals surface area (Å²) in [6, 6.07) is 15.7. The van der Waals surface area contributed by atoms with Gasteiger partial charge in [0.25, 0.3) is 0 Å². The van der Waals surface area contributed by atoms with E-state index >= 15 is 0 Å². The summed E-state index contributed by atoms with van der Waals surface area (Å²) in [5, 5.41) is 6.64. The number of nitrogens with one attached hydrogen (secondary N) is 2. The second kappa shape index (κ2) is 10.2. The van der Waals surface area contributed by atoms with Crippen LogP contribution in [0.2, 0.25) is 0 Å². The van der Waals surface area contributed by atoms with Gasteiger partial charge in [-0.1, -0.05) is 24.3 Å². The fraction of sp³-hybridized carbons (Fsp3) is 0.273. The summed E-state index contributed by atoms with van der Waals surface area (Å²) in [5.74, 6) is 3.82. The molecule has 0 spiro atoms. The highest BCUT2D eigenvalue weighted by Crippen LogP contribution is 2.27. The molecule has 7 heteroatoms. The highest BCUT2D eigenvalue weighted by atomic mass is 16.5. The second-order valence-corrected chi connectivity index (χ2v) is 6.32. The van der Waals surface area contributed by atoms with Crippen molar-refractivity contribution in [1.29, 1.82) is 0 Å². The molecule has 1 heterocycles. The minimum atomic E-state index is 0.609. The predicted octanol–water partition coefficient (Wildman–Crippen LogP) is 3.77. The lowest BCUT2D eigenvalue weighted by molar-refractivity contribution is 0.354. The molecule has 0 amide bonds. The first-order valence-corrected chi connectivity index (χ1v) is 9.36. The molecule has 0 saturated carbocycles. The minimum absolute atomic E-state index is 0.609. The molecule has 3 aromatic rings. The fourth-order valence-electron chi connectivity index (χ4n) is 2.97. The Kier molecular flexibility index (Phi) is 7.10. The molecule has 7 nitrogen and oxygen atoms in total. The topological polar surface area (TPSA) is 77.5 Å². The first-order chi connectivity index (χ1) is 14.2. The van der Waals surface area contributed by atoms with Crippen LogP contribution in [0.15, 0.2) is 54.9 Å². The van der Waals surface area contributed by atoms with Crippen molar-refractivity contribution in [3.05, 3.63) is 66.0 Å². The Morgan fingerprint density at radius 3 is 2.24 bits per heavy atom. The normalized spacial score (nSPS) is 10.3. The molecule has 1 aromatic heterocycles. The number of methoxy groups -OCH3 is 3. The maximum Gasteiger partial charge on any atom is 0.161 e. The van der Waals surface area contributed by atoms with Gasteiger partial charge in [0.05, 0.1) is 21.3 Å². The Bertz CT molecular complexity index is 933. The summed E-state index contributed by atoms with van der Waals surface area (Å²) < 4.78 is 16.0. The van der Waals surface area contributed by atoms with Crippen LogP contribution >= 0.6 is 0 Å². The number of ether oxygens (including phenoxy) is 3. The average molecular weight is 394 g/mol. The first-order valence-electron chi connectivity index (χ1n) is 9.36. The Balaban J connectivity index is 1.55. The molecule has 0 aliphatic carbocycles. The van der Waals surface area contributed by atoms with E-state index in [1.54, 1.807) is 27.7 Å². The Morgan fingerprint density at radius 1 is 0.759 bits per heavy atom. The zero-order chi connectivity index (χ0) is 20.5. The summed E-state index contributed by atoms with van der Waals surface area (Å²) >= 11 is 0. The SMILES string of the molecule is COc1ccccc1CCNc1cc(NCc2ccc(OC)c(OC)c2)ncn1. The van der Waals surface area contributed by atoms with Crippen molar-refractivity contribution >= 4 is 11.6 Å². The Hall–Kier alpha value is -3.48. The highest BCUT2D eigenvalue weighted by Gasteiger charge is 2.06. The van der Waals surface area contributed by atoms with Crippen LogP contribution in [0.5, 0.6) is 17.2 Å². The standard InChI is InChI=1S/C22H26N4O3/c1-27-18-7-5-4-6-17(18)10-11-23-21-13-22(26-15-25-21)24-14-16-8-9-19(28-2)20(12-16)29-3/h4-9,12-13,15H,10-11,14H2,1-3H3,(H2,23,24,25,26). The van der Waals surface area contributed by atoms with Gasteiger partial charge < -0.3 is 24.8 Å². The van der Waals surface area contributed by atoms with Crippen LogP contribution in [0, 0.1) is 0 Å². The minimum Gasteiger partial charge on any atom is -0.496 e. The van der Waals surface area contributed by atoms with E-state index in [9.17, 15) is 0 Å². The van der Waals surface area contributed by atoms with Crippen molar-refractivity contribution < 1.29 is 14.2 Å². The molecule has 2 N–H and O–H groups in total. The van der Waals surface area contributed by atoms with E-state index in [4.69, 9.17) is 14.2 Å². The van der Waals surface area contributed by atoms with E-state index in [2.05, 4.69) is 26.7 Å².